The highest BCUT2D eigenvalue weighted by molar-refractivity contribution is 4.85. The van der Waals surface area contributed by atoms with Crippen LogP contribution in [-0.4, -0.2) is 36.1 Å². The molecule has 1 heterocycles. The van der Waals surface area contributed by atoms with E-state index in [9.17, 15) is 0 Å². The highest BCUT2D eigenvalue weighted by atomic mass is 15.2. The van der Waals surface area contributed by atoms with Gasteiger partial charge in [0, 0.05) is 18.1 Å². The van der Waals surface area contributed by atoms with E-state index < -0.39 is 0 Å². The molecule has 0 aromatic heterocycles. The van der Waals surface area contributed by atoms with Gasteiger partial charge in [-0.1, -0.05) is 19.8 Å². The Morgan fingerprint density at radius 3 is 2.58 bits per heavy atom. The van der Waals surface area contributed by atoms with E-state index in [-0.39, 0.29) is 5.54 Å². The lowest BCUT2D eigenvalue weighted by Crippen LogP contribution is -2.40. The average Bonchev–Trinajstić information content (AvgIpc) is 2.69. The van der Waals surface area contributed by atoms with Gasteiger partial charge in [-0.15, -0.1) is 0 Å². The molecule has 1 aliphatic heterocycles. The van der Waals surface area contributed by atoms with Gasteiger partial charge >= 0.3 is 0 Å². The minimum Gasteiger partial charge on any atom is -0.312 e. The van der Waals surface area contributed by atoms with E-state index in [1.165, 1.54) is 58.2 Å². The molecule has 3 unspecified atom stereocenters. The van der Waals surface area contributed by atoms with Crippen LogP contribution < -0.4 is 5.32 Å². The molecule has 2 aliphatic rings. The van der Waals surface area contributed by atoms with E-state index in [1.807, 2.05) is 0 Å². The first kappa shape index (κ1) is 15.3. The van der Waals surface area contributed by atoms with Crippen LogP contribution in [0.5, 0.6) is 0 Å². The molecule has 0 aromatic rings. The number of hydrogen-bond acceptors (Lipinski definition) is 2. The number of rotatable bonds is 3. The quantitative estimate of drug-likeness (QED) is 0.784. The molecule has 2 nitrogen and oxygen atoms in total. The molecule has 0 amide bonds. The molecule has 1 saturated heterocycles. The molecular formula is C17H34N2. The van der Waals surface area contributed by atoms with Gasteiger partial charge in [0.1, 0.15) is 0 Å². The van der Waals surface area contributed by atoms with Gasteiger partial charge in [-0.05, 0) is 71.4 Å². The van der Waals surface area contributed by atoms with Gasteiger partial charge in [0.2, 0.25) is 0 Å². The summed E-state index contributed by atoms with van der Waals surface area (Å²) in [7, 11) is 0. The molecule has 19 heavy (non-hydrogen) atoms. The fourth-order valence-corrected chi connectivity index (χ4v) is 3.64. The smallest absolute Gasteiger partial charge is 0.00966 e. The average molecular weight is 266 g/mol. The van der Waals surface area contributed by atoms with Gasteiger partial charge in [0.05, 0.1) is 0 Å². The van der Waals surface area contributed by atoms with Gasteiger partial charge in [0.15, 0.2) is 0 Å². The molecule has 1 N–H and O–H groups in total. The Hall–Kier alpha value is -0.0800. The minimum absolute atomic E-state index is 0.269. The Bertz CT molecular complexity index is 269. The fourth-order valence-electron chi connectivity index (χ4n) is 3.64. The first-order valence-corrected chi connectivity index (χ1v) is 8.43. The highest BCUT2D eigenvalue weighted by Crippen LogP contribution is 2.29. The highest BCUT2D eigenvalue weighted by Gasteiger charge is 2.29. The topological polar surface area (TPSA) is 15.3 Å². The number of nitrogens with one attached hydrogen (secondary N) is 1. The van der Waals surface area contributed by atoms with Crippen molar-refractivity contribution in [2.45, 2.75) is 77.8 Å². The van der Waals surface area contributed by atoms with Crippen LogP contribution in [0.1, 0.15) is 66.2 Å². The summed E-state index contributed by atoms with van der Waals surface area (Å²) < 4.78 is 0. The third-order valence-corrected chi connectivity index (χ3v) is 4.98. The predicted octanol–water partition coefficient (Wildman–Crippen LogP) is 3.67. The van der Waals surface area contributed by atoms with E-state index in [0.717, 1.165) is 17.9 Å². The van der Waals surface area contributed by atoms with E-state index in [1.54, 1.807) is 0 Å². The summed E-state index contributed by atoms with van der Waals surface area (Å²) in [6, 6.07) is 0.893. The molecular weight excluding hydrogens is 232 g/mol. The molecule has 2 fully saturated rings. The maximum atomic E-state index is 3.68. The van der Waals surface area contributed by atoms with Crippen LogP contribution in [0.25, 0.3) is 0 Å². The van der Waals surface area contributed by atoms with Crippen molar-refractivity contribution in [3.8, 4) is 0 Å². The third-order valence-electron chi connectivity index (χ3n) is 4.98. The Kier molecular flexibility index (Phi) is 5.30. The van der Waals surface area contributed by atoms with Crippen molar-refractivity contribution in [2.24, 2.45) is 11.8 Å². The normalized spacial score (nSPS) is 34.4. The molecule has 0 bridgehead atoms. The summed E-state index contributed by atoms with van der Waals surface area (Å²) in [5.41, 5.74) is 0.269. The first-order valence-electron chi connectivity index (χ1n) is 8.43. The van der Waals surface area contributed by atoms with Gasteiger partial charge in [-0.2, -0.15) is 0 Å². The molecule has 2 heteroatoms. The van der Waals surface area contributed by atoms with Gasteiger partial charge in [-0.25, -0.2) is 0 Å². The standard InChI is InChI=1S/C17H34N2/c1-14-6-5-7-16(9-8-14)19-11-10-15(13-19)12-18-17(2,3)4/h14-16,18H,5-13H2,1-4H3. The van der Waals surface area contributed by atoms with Crippen LogP contribution in [0.15, 0.2) is 0 Å². The summed E-state index contributed by atoms with van der Waals surface area (Å²) in [4.78, 5) is 2.80. The molecule has 112 valence electrons. The van der Waals surface area contributed by atoms with Crippen LogP contribution in [-0.2, 0) is 0 Å². The first-order chi connectivity index (χ1) is 8.94. The zero-order valence-electron chi connectivity index (χ0n) is 13.5. The van der Waals surface area contributed by atoms with Crippen molar-refractivity contribution in [1.82, 2.24) is 10.2 Å². The largest absolute Gasteiger partial charge is 0.312 e. The lowest BCUT2D eigenvalue weighted by atomic mass is 10.0. The molecule has 3 atom stereocenters. The zero-order chi connectivity index (χ0) is 13.9. The Morgan fingerprint density at radius 1 is 1.05 bits per heavy atom. The summed E-state index contributed by atoms with van der Waals surface area (Å²) in [5, 5.41) is 3.68. The SMILES string of the molecule is CC1CCCC(N2CCC(CNC(C)(C)C)C2)CC1. The predicted molar refractivity (Wildman–Crippen MR) is 83.5 cm³/mol. The van der Waals surface area contributed by atoms with Crippen LogP contribution >= 0.6 is 0 Å². The van der Waals surface area contributed by atoms with Crippen LogP contribution in [0, 0.1) is 11.8 Å². The number of nitrogens with zero attached hydrogens (tertiary/aromatic N) is 1. The Balaban J connectivity index is 1.75. The molecule has 0 spiro atoms. The van der Waals surface area contributed by atoms with Gasteiger partial charge < -0.3 is 10.2 Å². The molecule has 1 aliphatic carbocycles. The summed E-state index contributed by atoms with van der Waals surface area (Å²) in [6.07, 6.45) is 8.65. The summed E-state index contributed by atoms with van der Waals surface area (Å²) in [6.45, 7) is 13.1. The van der Waals surface area contributed by atoms with Gasteiger partial charge in [0.25, 0.3) is 0 Å². The monoisotopic (exact) mass is 266 g/mol. The van der Waals surface area contributed by atoms with Crippen molar-refractivity contribution in [1.29, 1.82) is 0 Å². The lowest BCUT2D eigenvalue weighted by molar-refractivity contribution is 0.210. The summed E-state index contributed by atoms with van der Waals surface area (Å²) in [5.74, 6) is 1.84. The third kappa shape index (κ3) is 5.07. The van der Waals surface area contributed by atoms with Crippen molar-refractivity contribution in [3.63, 3.8) is 0 Å². The second-order valence-corrected chi connectivity index (χ2v) is 8.05. The molecule has 0 aromatic carbocycles. The summed E-state index contributed by atoms with van der Waals surface area (Å²) >= 11 is 0. The van der Waals surface area contributed by atoms with Crippen LogP contribution in [0.2, 0.25) is 0 Å². The second kappa shape index (κ2) is 6.58. The van der Waals surface area contributed by atoms with Crippen LogP contribution in [0.3, 0.4) is 0 Å². The van der Waals surface area contributed by atoms with E-state index in [2.05, 4.69) is 37.9 Å². The van der Waals surface area contributed by atoms with Gasteiger partial charge in [-0.3, -0.25) is 0 Å². The minimum atomic E-state index is 0.269. The zero-order valence-corrected chi connectivity index (χ0v) is 13.5. The van der Waals surface area contributed by atoms with Crippen molar-refractivity contribution < 1.29 is 0 Å². The van der Waals surface area contributed by atoms with Crippen LogP contribution in [0.4, 0.5) is 0 Å². The van der Waals surface area contributed by atoms with E-state index >= 15 is 0 Å². The number of hydrogen-bond donors (Lipinski definition) is 1. The molecule has 1 saturated carbocycles. The van der Waals surface area contributed by atoms with E-state index in [4.69, 9.17) is 0 Å². The lowest BCUT2D eigenvalue weighted by Gasteiger charge is -2.27. The number of likely N-dealkylation sites (tertiary alicyclic amines) is 1. The Labute approximate surface area is 120 Å². The fraction of sp³-hybridized carbons (Fsp3) is 1.00. The maximum absolute atomic E-state index is 3.68. The molecule has 2 rings (SSSR count). The second-order valence-electron chi connectivity index (χ2n) is 8.05. The molecule has 0 radical (unpaired) electrons. The maximum Gasteiger partial charge on any atom is 0.00966 e. The Morgan fingerprint density at radius 2 is 1.84 bits per heavy atom. The van der Waals surface area contributed by atoms with Crippen molar-refractivity contribution in [2.75, 3.05) is 19.6 Å². The van der Waals surface area contributed by atoms with Crippen molar-refractivity contribution in [3.05, 3.63) is 0 Å². The van der Waals surface area contributed by atoms with E-state index in [0.29, 0.717) is 0 Å². The van der Waals surface area contributed by atoms with Crippen molar-refractivity contribution >= 4 is 0 Å².